The third kappa shape index (κ3) is 3.58. The summed E-state index contributed by atoms with van der Waals surface area (Å²) in [5.74, 6) is -0.763. The maximum atomic E-state index is 11.5. The Morgan fingerprint density at radius 3 is 2.76 bits per heavy atom. The summed E-state index contributed by atoms with van der Waals surface area (Å²) in [6.07, 6.45) is 4.59. The number of hydrogen-bond acceptors (Lipinski definition) is 4. The van der Waals surface area contributed by atoms with E-state index in [1.165, 1.54) is 25.8 Å². The molecule has 0 aromatic heterocycles. The lowest BCUT2D eigenvalue weighted by molar-refractivity contribution is -0.145. The van der Waals surface area contributed by atoms with Crippen molar-refractivity contribution < 1.29 is 9.90 Å². The number of hydrogen-bond donors (Lipinski definition) is 2. The minimum Gasteiger partial charge on any atom is -0.480 e. The fourth-order valence-electron chi connectivity index (χ4n) is 3.99. The third-order valence-corrected chi connectivity index (χ3v) is 5.53. The van der Waals surface area contributed by atoms with E-state index in [1.807, 2.05) is 0 Å². The van der Waals surface area contributed by atoms with Crippen LogP contribution in [0.25, 0.3) is 0 Å². The first-order chi connectivity index (χ1) is 9.87. The first-order valence-corrected chi connectivity index (χ1v) is 8.29. The van der Waals surface area contributed by atoms with Crippen LogP contribution in [0.4, 0.5) is 0 Å². The zero-order chi connectivity index (χ0) is 15.6. The first kappa shape index (κ1) is 16.7. The molecule has 0 aliphatic carbocycles. The Morgan fingerprint density at radius 1 is 1.43 bits per heavy atom. The summed E-state index contributed by atoms with van der Waals surface area (Å²) in [5.41, 5.74) is -0.844. The fourth-order valence-corrected chi connectivity index (χ4v) is 3.99. The summed E-state index contributed by atoms with van der Waals surface area (Å²) in [6.45, 7) is 9.68. The van der Waals surface area contributed by atoms with E-state index in [1.54, 1.807) is 14.0 Å². The van der Waals surface area contributed by atoms with Crippen LogP contribution >= 0.6 is 0 Å². The zero-order valence-corrected chi connectivity index (χ0v) is 13.9. The van der Waals surface area contributed by atoms with E-state index in [0.717, 1.165) is 13.1 Å². The van der Waals surface area contributed by atoms with Gasteiger partial charge in [0.2, 0.25) is 0 Å². The molecule has 0 aromatic rings. The summed E-state index contributed by atoms with van der Waals surface area (Å²) in [6, 6.07) is 1.45. The van der Waals surface area contributed by atoms with Crippen molar-refractivity contribution in [3.63, 3.8) is 0 Å². The molecule has 2 N–H and O–H groups in total. The number of carboxylic acids is 1. The number of nitrogens with zero attached hydrogens (tertiary/aromatic N) is 2. The minimum absolute atomic E-state index is 0.276. The molecule has 2 heterocycles. The van der Waals surface area contributed by atoms with Crippen LogP contribution in [0.3, 0.4) is 0 Å². The van der Waals surface area contributed by atoms with E-state index in [9.17, 15) is 9.90 Å². The van der Waals surface area contributed by atoms with Gasteiger partial charge in [0.15, 0.2) is 0 Å². The lowest BCUT2D eigenvalue weighted by Gasteiger charge is -2.50. The molecule has 2 saturated heterocycles. The monoisotopic (exact) mass is 297 g/mol. The molecule has 4 atom stereocenters. The number of rotatable bonds is 5. The number of carboxylic acid groups (broad SMARTS) is 1. The largest absolute Gasteiger partial charge is 0.480 e. The molecule has 0 spiro atoms. The second-order valence-corrected chi connectivity index (χ2v) is 7.13. The van der Waals surface area contributed by atoms with Gasteiger partial charge in [-0.2, -0.15) is 0 Å². The van der Waals surface area contributed by atoms with Gasteiger partial charge in [-0.1, -0.05) is 6.42 Å². The molecule has 122 valence electrons. The van der Waals surface area contributed by atoms with E-state index in [-0.39, 0.29) is 6.04 Å². The average Bonchev–Trinajstić information content (AvgIpc) is 2.46. The zero-order valence-electron chi connectivity index (χ0n) is 13.9. The maximum Gasteiger partial charge on any atom is 0.323 e. The van der Waals surface area contributed by atoms with Gasteiger partial charge in [-0.25, -0.2) is 0 Å². The van der Waals surface area contributed by atoms with Crippen molar-refractivity contribution in [2.24, 2.45) is 0 Å². The van der Waals surface area contributed by atoms with Crippen molar-refractivity contribution in [3.05, 3.63) is 0 Å². The van der Waals surface area contributed by atoms with E-state index >= 15 is 0 Å². The van der Waals surface area contributed by atoms with Gasteiger partial charge in [-0.3, -0.25) is 14.6 Å². The van der Waals surface area contributed by atoms with Crippen LogP contribution in [-0.4, -0.2) is 71.2 Å². The molecule has 0 bridgehead atoms. The second kappa shape index (κ2) is 6.63. The number of piperazine rings is 1. The molecule has 21 heavy (non-hydrogen) atoms. The Labute approximate surface area is 128 Å². The summed E-state index contributed by atoms with van der Waals surface area (Å²) < 4.78 is 0. The Hall–Kier alpha value is -0.650. The van der Waals surface area contributed by atoms with Crippen LogP contribution in [-0.2, 0) is 4.79 Å². The van der Waals surface area contributed by atoms with Crippen molar-refractivity contribution >= 4 is 5.97 Å². The minimum atomic E-state index is -0.844. The highest BCUT2D eigenvalue weighted by molar-refractivity contribution is 5.78. The molecule has 5 heteroatoms. The highest BCUT2D eigenvalue weighted by Gasteiger charge is 2.39. The Bertz CT molecular complexity index is 377. The Morgan fingerprint density at radius 2 is 2.14 bits per heavy atom. The summed E-state index contributed by atoms with van der Waals surface area (Å²) in [4.78, 5) is 16.6. The van der Waals surface area contributed by atoms with Gasteiger partial charge in [-0.15, -0.1) is 0 Å². The van der Waals surface area contributed by atoms with Crippen LogP contribution in [0.2, 0.25) is 0 Å². The Balaban J connectivity index is 2.01. The van der Waals surface area contributed by atoms with Crippen molar-refractivity contribution in [3.8, 4) is 0 Å². The fraction of sp³-hybridized carbons (Fsp3) is 0.938. The van der Waals surface area contributed by atoms with Crippen molar-refractivity contribution in [2.75, 3.05) is 26.7 Å². The quantitative estimate of drug-likeness (QED) is 0.803. The molecule has 0 amide bonds. The molecule has 0 aromatic carbocycles. The maximum absolute atomic E-state index is 11.5. The van der Waals surface area contributed by atoms with Crippen molar-refractivity contribution in [2.45, 2.75) is 70.1 Å². The molecular formula is C16H31N3O2. The SMILES string of the molecule is CNC(C)(CC(C)N1CC2CCCCN2CC1C)C(=O)O. The van der Waals surface area contributed by atoms with Crippen LogP contribution in [0.1, 0.15) is 46.5 Å². The number of likely N-dealkylation sites (N-methyl/N-ethyl adjacent to an activating group) is 1. The van der Waals surface area contributed by atoms with Crippen molar-refractivity contribution in [1.82, 2.24) is 15.1 Å². The van der Waals surface area contributed by atoms with Crippen LogP contribution in [0.15, 0.2) is 0 Å². The molecule has 2 rings (SSSR count). The number of aliphatic carboxylic acids is 1. The van der Waals surface area contributed by atoms with E-state index in [2.05, 4.69) is 29.0 Å². The normalized spacial score (nSPS) is 32.2. The molecular weight excluding hydrogens is 266 g/mol. The first-order valence-electron chi connectivity index (χ1n) is 8.29. The predicted octanol–water partition coefficient (Wildman–Crippen LogP) is 1.39. The number of nitrogens with one attached hydrogen (secondary N) is 1. The lowest BCUT2D eigenvalue weighted by Crippen LogP contribution is -2.62. The average molecular weight is 297 g/mol. The smallest absolute Gasteiger partial charge is 0.323 e. The van der Waals surface area contributed by atoms with Gasteiger partial charge in [0.1, 0.15) is 5.54 Å². The molecule has 2 aliphatic rings. The van der Waals surface area contributed by atoms with Gasteiger partial charge in [0.25, 0.3) is 0 Å². The molecule has 0 radical (unpaired) electrons. The number of carbonyl (C=O) groups is 1. The molecule has 5 nitrogen and oxygen atoms in total. The third-order valence-electron chi connectivity index (χ3n) is 5.53. The molecule has 2 fully saturated rings. The van der Waals surface area contributed by atoms with E-state index < -0.39 is 11.5 Å². The van der Waals surface area contributed by atoms with Crippen LogP contribution in [0, 0.1) is 0 Å². The van der Waals surface area contributed by atoms with Gasteiger partial charge in [-0.05, 0) is 53.6 Å². The van der Waals surface area contributed by atoms with Crippen molar-refractivity contribution in [1.29, 1.82) is 0 Å². The summed E-state index contributed by atoms with van der Waals surface area (Å²) >= 11 is 0. The number of fused-ring (bicyclic) bond motifs is 1. The summed E-state index contributed by atoms with van der Waals surface area (Å²) in [5, 5.41) is 12.4. The van der Waals surface area contributed by atoms with Gasteiger partial charge >= 0.3 is 5.97 Å². The van der Waals surface area contributed by atoms with Gasteiger partial charge in [0, 0.05) is 31.2 Å². The highest BCUT2D eigenvalue weighted by atomic mass is 16.4. The highest BCUT2D eigenvalue weighted by Crippen LogP contribution is 2.27. The summed E-state index contributed by atoms with van der Waals surface area (Å²) in [7, 11) is 1.74. The Kier molecular flexibility index (Phi) is 5.28. The lowest BCUT2D eigenvalue weighted by atomic mass is 9.90. The second-order valence-electron chi connectivity index (χ2n) is 7.13. The van der Waals surface area contributed by atoms with Gasteiger partial charge < -0.3 is 10.4 Å². The molecule has 2 aliphatic heterocycles. The van der Waals surface area contributed by atoms with E-state index in [4.69, 9.17) is 0 Å². The topological polar surface area (TPSA) is 55.8 Å². The standard InChI is InChI=1S/C16H31N3O2/c1-12(9-16(3,17-4)15(20)21)19-11-14-7-5-6-8-18(14)10-13(19)2/h12-14,17H,5-11H2,1-4H3,(H,20,21). The van der Waals surface area contributed by atoms with Crippen LogP contribution < -0.4 is 5.32 Å². The predicted molar refractivity (Wildman–Crippen MR) is 84.6 cm³/mol. The molecule has 0 saturated carbocycles. The van der Waals surface area contributed by atoms with Gasteiger partial charge in [0.05, 0.1) is 0 Å². The molecule has 4 unspecified atom stereocenters. The van der Waals surface area contributed by atoms with Crippen LogP contribution in [0.5, 0.6) is 0 Å². The van der Waals surface area contributed by atoms with E-state index in [0.29, 0.717) is 18.5 Å². The number of piperidine rings is 1.